The van der Waals surface area contributed by atoms with Crippen molar-refractivity contribution < 1.29 is 14.3 Å². The highest BCUT2D eigenvalue weighted by molar-refractivity contribution is 5.88. The molecule has 0 aliphatic carbocycles. The number of hydrogen-bond donors (Lipinski definition) is 2. The molecule has 0 spiro atoms. The Bertz CT molecular complexity index is 793. The monoisotopic (exact) mass is 399 g/mol. The second kappa shape index (κ2) is 10.6. The third-order valence-electron chi connectivity index (χ3n) is 4.91. The Kier molecular flexibility index (Phi) is 7.63. The third kappa shape index (κ3) is 6.05. The van der Waals surface area contributed by atoms with Gasteiger partial charge in [-0.3, -0.25) is 19.2 Å². The van der Waals surface area contributed by atoms with E-state index in [-0.39, 0.29) is 18.2 Å². The molecule has 1 aliphatic heterocycles. The van der Waals surface area contributed by atoms with Gasteiger partial charge in [0, 0.05) is 50.7 Å². The first-order chi connectivity index (χ1) is 14.2. The van der Waals surface area contributed by atoms with E-state index in [1.165, 1.54) is 0 Å². The second-order valence-corrected chi connectivity index (χ2v) is 6.99. The van der Waals surface area contributed by atoms with Crippen LogP contribution in [-0.4, -0.2) is 58.8 Å². The van der Waals surface area contributed by atoms with Crippen molar-refractivity contribution in [3.8, 4) is 5.75 Å². The summed E-state index contributed by atoms with van der Waals surface area (Å²) in [6, 6.07) is 9.23. The fourth-order valence-corrected chi connectivity index (χ4v) is 3.47. The molecule has 8 nitrogen and oxygen atoms in total. The zero-order chi connectivity index (χ0) is 20.5. The summed E-state index contributed by atoms with van der Waals surface area (Å²) in [4.78, 5) is 26.9. The van der Waals surface area contributed by atoms with E-state index in [9.17, 15) is 9.59 Å². The average molecular weight is 399 g/mol. The first kappa shape index (κ1) is 20.9. The molecule has 1 aromatic carbocycles. The van der Waals surface area contributed by atoms with E-state index in [1.807, 2.05) is 48.1 Å². The highest BCUT2D eigenvalue weighted by Gasteiger charge is 2.31. The maximum Gasteiger partial charge on any atom is 0.237 e. The van der Waals surface area contributed by atoms with E-state index in [2.05, 4.69) is 20.6 Å². The van der Waals surface area contributed by atoms with E-state index in [1.54, 1.807) is 6.20 Å². The van der Waals surface area contributed by atoms with E-state index >= 15 is 0 Å². The predicted molar refractivity (Wildman–Crippen MR) is 109 cm³/mol. The molecule has 29 heavy (non-hydrogen) atoms. The average Bonchev–Trinajstić information content (AvgIpc) is 3.23. The zero-order valence-corrected chi connectivity index (χ0v) is 16.8. The summed E-state index contributed by atoms with van der Waals surface area (Å²) < 4.78 is 7.54. The SMILES string of the molecule is CCOc1ccccc1CN1CCNC(=O)[C@H]1CC(=O)NCCCn1cccn1. The zero-order valence-electron chi connectivity index (χ0n) is 16.8. The van der Waals surface area contributed by atoms with Crippen molar-refractivity contribution in [1.82, 2.24) is 25.3 Å². The Morgan fingerprint density at radius 3 is 3.00 bits per heavy atom. The number of amides is 2. The number of ether oxygens (including phenoxy) is 1. The van der Waals surface area contributed by atoms with Crippen LogP contribution in [0.5, 0.6) is 5.75 Å². The summed E-state index contributed by atoms with van der Waals surface area (Å²) in [5.41, 5.74) is 1.02. The number of nitrogens with one attached hydrogen (secondary N) is 2. The first-order valence-electron chi connectivity index (χ1n) is 10.1. The molecular formula is C21H29N5O3. The second-order valence-electron chi connectivity index (χ2n) is 6.99. The highest BCUT2D eigenvalue weighted by atomic mass is 16.5. The Morgan fingerprint density at radius 1 is 1.34 bits per heavy atom. The number of carbonyl (C=O) groups excluding carboxylic acids is 2. The number of benzene rings is 1. The number of aryl methyl sites for hydroxylation is 1. The molecule has 2 aromatic rings. The number of piperazine rings is 1. The van der Waals surface area contributed by atoms with Crippen LogP contribution in [0.15, 0.2) is 42.7 Å². The van der Waals surface area contributed by atoms with Crippen molar-refractivity contribution >= 4 is 11.8 Å². The van der Waals surface area contributed by atoms with Crippen molar-refractivity contribution in [3.63, 3.8) is 0 Å². The van der Waals surface area contributed by atoms with Gasteiger partial charge in [-0.15, -0.1) is 0 Å². The van der Waals surface area contributed by atoms with Crippen LogP contribution in [0.3, 0.4) is 0 Å². The van der Waals surface area contributed by atoms with Crippen molar-refractivity contribution in [2.45, 2.75) is 38.9 Å². The van der Waals surface area contributed by atoms with Gasteiger partial charge in [0.15, 0.2) is 0 Å². The number of nitrogens with zero attached hydrogens (tertiary/aromatic N) is 3. The van der Waals surface area contributed by atoms with E-state index in [4.69, 9.17) is 4.74 Å². The lowest BCUT2D eigenvalue weighted by Crippen LogP contribution is -2.56. The fraction of sp³-hybridized carbons (Fsp3) is 0.476. The molecule has 1 saturated heterocycles. The van der Waals surface area contributed by atoms with Gasteiger partial charge >= 0.3 is 0 Å². The van der Waals surface area contributed by atoms with E-state index in [0.717, 1.165) is 24.3 Å². The summed E-state index contributed by atoms with van der Waals surface area (Å²) in [6.45, 7) is 5.69. The molecule has 1 fully saturated rings. The van der Waals surface area contributed by atoms with Crippen molar-refractivity contribution in [2.24, 2.45) is 0 Å². The smallest absolute Gasteiger partial charge is 0.237 e. The summed E-state index contributed by atoms with van der Waals surface area (Å²) in [7, 11) is 0. The molecule has 0 bridgehead atoms. The maximum atomic E-state index is 12.5. The highest BCUT2D eigenvalue weighted by Crippen LogP contribution is 2.22. The predicted octanol–water partition coefficient (Wildman–Crippen LogP) is 1.18. The number of para-hydroxylation sites is 1. The van der Waals surface area contributed by atoms with Crippen LogP contribution in [0.1, 0.15) is 25.3 Å². The minimum atomic E-state index is -0.482. The minimum absolute atomic E-state index is 0.100. The molecule has 156 valence electrons. The molecule has 1 atom stereocenters. The minimum Gasteiger partial charge on any atom is -0.494 e. The summed E-state index contributed by atoms with van der Waals surface area (Å²) in [5.74, 6) is 0.607. The van der Waals surface area contributed by atoms with Gasteiger partial charge in [-0.25, -0.2) is 0 Å². The summed E-state index contributed by atoms with van der Waals surface area (Å²) in [6.07, 6.45) is 4.56. The maximum absolute atomic E-state index is 12.5. The standard InChI is InChI=1S/C21H29N5O3/c1-2-29-19-8-4-3-7-17(19)16-25-14-11-23-21(28)18(25)15-20(27)22-9-5-12-26-13-6-10-24-26/h3-4,6-8,10,13,18H,2,5,9,11-12,14-16H2,1H3,(H,22,27)(H,23,28)/t18-/m1/s1. The van der Waals surface area contributed by atoms with Crippen LogP contribution in [0.4, 0.5) is 0 Å². The van der Waals surface area contributed by atoms with Gasteiger partial charge in [0.1, 0.15) is 5.75 Å². The van der Waals surface area contributed by atoms with Crippen molar-refractivity contribution in [3.05, 3.63) is 48.3 Å². The Labute approximate surface area is 171 Å². The molecule has 0 saturated carbocycles. The third-order valence-corrected chi connectivity index (χ3v) is 4.91. The topological polar surface area (TPSA) is 88.5 Å². The summed E-state index contributed by atoms with van der Waals surface area (Å²) >= 11 is 0. The van der Waals surface area contributed by atoms with Crippen LogP contribution < -0.4 is 15.4 Å². The van der Waals surface area contributed by atoms with Gasteiger partial charge in [0.25, 0.3) is 0 Å². The fourth-order valence-electron chi connectivity index (χ4n) is 3.47. The quantitative estimate of drug-likeness (QED) is 0.586. The molecule has 2 N–H and O–H groups in total. The van der Waals surface area contributed by atoms with Gasteiger partial charge in [-0.05, 0) is 25.5 Å². The van der Waals surface area contributed by atoms with Gasteiger partial charge in [-0.1, -0.05) is 18.2 Å². The van der Waals surface area contributed by atoms with Crippen LogP contribution in [0, 0.1) is 0 Å². The van der Waals surface area contributed by atoms with Gasteiger partial charge in [0.05, 0.1) is 19.1 Å². The summed E-state index contributed by atoms with van der Waals surface area (Å²) in [5, 5.41) is 9.93. The number of hydrogen-bond acceptors (Lipinski definition) is 5. The Balaban J connectivity index is 1.54. The number of rotatable bonds is 10. The van der Waals surface area contributed by atoms with E-state index < -0.39 is 6.04 Å². The molecule has 0 unspecified atom stereocenters. The molecule has 8 heteroatoms. The van der Waals surface area contributed by atoms with Crippen LogP contribution in [-0.2, 0) is 22.7 Å². The Morgan fingerprint density at radius 2 is 2.21 bits per heavy atom. The lowest BCUT2D eigenvalue weighted by atomic mass is 10.1. The van der Waals surface area contributed by atoms with Gasteiger partial charge in [0.2, 0.25) is 11.8 Å². The van der Waals surface area contributed by atoms with Gasteiger partial charge < -0.3 is 15.4 Å². The lowest BCUT2D eigenvalue weighted by molar-refractivity contribution is -0.134. The molecule has 0 radical (unpaired) electrons. The van der Waals surface area contributed by atoms with Crippen LogP contribution >= 0.6 is 0 Å². The molecule has 1 aliphatic rings. The largest absolute Gasteiger partial charge is 0.494 e. The lowest BCUT2D eigenvalue weighted by Gasteiger charge is -2.35. The Hall–Kier alpha value is -2.87. The van der Waals surface area contributed by atoms with Crippen molar-refractivity contribution in [1.29, 1.82) is 0 Å². The first-order valence-corrected chi connectivity index (χ1v) is 10.1. The van der Waals surface area contributed by atoms with Crippen LogP contribution in [0.25, 0.3) is 0 Å². The van der Waals surface area contributed by atoms with Crippen molar-refractivity contribution in [2.75, 3.05) is 26.2 Å². The molecule has 3 rings (SSSR count). The molecule has 2 heterocycles. The van der Waals surface area contributed by atoms with E-state index in [0.29, 0.717) is 32.8 Å². The molecule has 2 amide bonds. The van der Waals surface area contributed by atoms with Crippen LogP contribution in [0.2, 0.25) is 0 Å². The van der Waals surface area contributed by atoms with Gasteiger partial charge in [-0.2, -0.15) is 5.10 Å². The molecular weight excluding hydrogens is 370 g/mol. The molecule has 1 aromatic heterocycles. The number of carbonyl (C=O) groups is 2. The number of aromatic nitrogens is 2. The normalized spacial score (nSPS) is 17.0.